The summed E-state index contributed by atoms with van der Waals surface area (Å²) in [7, 11) is 0. The first-order chi connectivity index (χ1) is 8.86. The van der Waals surface area contributed by atoms with Crippen molar-refractivity contribution < 1.29 is 14.3 Å². The number of carbonyl (C=O) groups excluding carboxylic acids is 1. The topological polar surface area (TPSA) is 35.5 Å². The average molecular weight is 268 g/mol. The summed E-state index contributed by atoms with van der Waals surface area (Å²) in [6.07, 6.45) is 1.92. The molecule has 0 spiro atoms. The smallest absolute Gasteiger partial charge is 0.311 e. The molecule has 19 heavy (non-hydrogen) atoms. The zero-order chi connectivity index (χ0) is 14.6. The Kier molecular flexibility index (Phi) is 6.05. The van der Waals surface area contributed by atoms with Crippen LogP contribution in [0, 0.1) is 17.8 Å². The maximum absolute atomic E-state index is 12.0. The Labute approximate surface area is 117 Å². The third kappa shape index (κ3) is 4.34. The molecule has 1 aliphatic rings. The fourth-order valence-electron chi connectivity index (χ4n) is 2.82. The highest BCUT2D eigenvalue weighted by atomic mass is 16.5. The highest BCUT2D eigenvalue weighted by molar-refractivity contribution is 5.73. The SMILES string of the molecule is C=C(C)[C@@H]1C[C@H](C(=O)OCC)[C@@H](C)O[C@H]1CC(C)C. The van der Waals surface area contributed by atoms with E-state index in [1.165, 1.54) is 0 Å². The van der Waals surface area contributed by atoms with Gasteiger partial charge < -0.3 is 9.47 Å². The number of carbonyl (C=O) groups is 1. The number of esters is 1. The van der Waals surface area contributed by atoms with Crippen LogP contribution in [0.25, 0.3) is 0 Å². The van der Waals surface area contributed by atoms with Crippen molar-refractivity contribution in [3.05, 3.63) is 12.2 Å². The lowest BCUT2D eigenvalue weighted by Crippen LogP contribution is -2.44. The molecule has 0 amide bonds. The highest BCUT2D eigenvalue weighted by Crippen LogP contribution is 2.37. The van der Waals surface area contributed by atoms with Gasteiger partial charge in [-0.2, -0.15) is 0 Å². The number of hydrogen-bond donors (Lipinski definition) is 0. The van der Waals surface area contributed by atoms with Gasteiger partial charge in [-0.25, -0.2) is 0 Å². The molecule has 0 radical (unpaired) electrons. The molecule has 4 atom stereocenters. The molecule has 1 fully saturated rings. The first-order valence-corrected chi connectivity index (χ1v) is 7.34. The van der Waals surface area contributed by atoms with Crippen LogP contribution in [0.3, 0.4) is 0 Å². The van der Waals surface area contributed by atoms with Gasteiger partial charge in [0.2, 0.25) is 0 Å². The van der Waals surface area contributed by atoms with Crippen LogP contribution in [0.5, 0.6) is 0 Å². The predicted molar refractivity (Wildman–Crippen MR) is 76.8 cm³/mol. The van der Waals surface area contributed by atoms with Crippen LogP contribution in [-0.4, -0.2) is 24.8 Å². The second-order valence-electron chi connectivity index (χ2n) is 6.06. The van der Waals surface area contributed by atoms with Crippen LogP contribution in [0.4, 0.5) is 0 Å². The Morgan fingerprint density at radius 1 is 1.42 bits per heavy atom. The van der Waals surface area contributed by atoms with Gasteiger partial charge in [0.25, 0.3) is 0 Å². The van der Waals surface area contributed by atoms with Gasteiger partial charge in [0.15, 0.2) is 0 Å². The molecular formula is C16H28O3. The lowest BCUT2D eigenvalue weighted by Gasteiger charge is -2.40. The largest absolute Gasteiger partial charge is 0.466 e. The van der Waals surface area contributed by atoms with Crippen molar-refractivity contribution in [2.24, 2.45) is 17.8 Å². The van der Waals surface area contributed by atoms with Crippen LogP contribution >= 0.6 is 0 Å². The zero-order valence-corrected chi connectivity index (χ0v) is 12.9. The van der Waals surface area contributed by atoms with Gasteiger partial charge in [-0.15, -0.1) is 0 Å². The Balaban J connectivity index is 2.78. The summed E-state index contributed by atoms with van der Waals surface area (Å²) in [5.74, 6) is 0.542. The lowest BCUT2D eigenvalue weighted by molar-refractivity contribution is -0.166. The van der Waals surface area contributed by atoms with Crippen molar-refractivity contribution in [3.63, 3.8) is 0 Å². The van der Waals surface area contributed by atoms with Crippen molar-refractivity contribution in [2.45, 2.75) is 59.7 Å². The van der Waals surface area contributed by atoms with Gasteiger partial charge in [0.05, 0.1) is 24.7 Å². The summed E-state index contributed by atoms with van der Waals surface area (Å²) < 4.78 is 11.2. The Morgan fingerprint density at radius 2 is 2.05 bits per heavy atom. The first kappa shape index (κ1) is 16.2. The van der Waals surface area contributed by atoms with Crippen LogP contribution in [0.15, 0.2) is 12.2 Å². The Hall–Kier alpha value is -0.830. The van der Waals surface area contributed by atoms with E-state index in [2.05, 4.69) is 20.4 Å². The van der Waals surface area contributed by atoms with E-state index in [0.717, 1.165) is 18.4 Å². The predicted octanol–water partition coefficient (Wildman–Crippen LogP) is 3.58. The first-order valence-electron chi connectivity index (χ1n) is 7.34. The quantitative estimate of drug-likeness (QED) is 0.564. The van der Waals surface area contributed by atoms with Crippen LogP contribution < -0.4 is 0 Å². The fraction of sp³-hybridized carbons (Fsp3) is 0.812. The molecule has 3 heteroatoms. The fourth-order valence-corrected chi connectivity index (χ4v) is 2.82. The van der Waals surface area contributed by atoms with Gasteiger partial charge in [-0.3, -0.25) is 4.79 Å². The molecule has 0 N–H and O–H groups in total. The molecule has 0 aromatic heterocycles. The van der Waals surface area contributed by atoms with E-state index in [1.807, 2.05) is 20.8 Å². The Morgan fingerprint density at radius 3 is 2.53 bits per heavy atom. The maximum atomic E-state index is 12.0. The van der Waals surface area contributed by atoms with Crippen molar-refractivity contribution in [2.75, 3.05) is 6.61 Å². The molecule has 0 bridgehead atoms. The average Bonchev–Trinajstić information content (AvgIpc) is 2.27. The summed E-state index contributed by atoms with van der Waals surface area (Å²) in [4.78, 5) is 12.0. The van der Waals surface area contributed by atoms with Crippen LogP contribution in [0.2, 0.25) is 0 Å². The minimum atomic E-state index is -0.162. The summed E-state index contributed by atoms with van der Waals surface area (Å²) in [5, 5.41) is 0. The molecule has 0 aromatic carbocycles. The van der Waals surface area contributed by atoms with Gasteiger partial charge in [-0.05, 0) is 39.5 Å². The molecule has 0 aromatic rings. The van der Waals surface area contributed by atoms with E-state index < -0.39 is 0 Å². The van der Waals surface area contributed by atoms with Gasteiger partial charge in [0, 0.05) is 5.92 Å². The monoisotopic (exact) mass is 268 g/mol. The van der Waals surface area contributed by atoms with E-state index in [9.17, 15) is 4.79 Å². The van der Waals surface area contributed by atoms with E-state index in [1.54, 1.807) is 0 Å². The molecule has 1 rings (SSSR count). The van der Waals surface area contributed by atoms with Crippen molar-refractivity contribution in [1.29, 1.82) is 0 Å². The molecule has 0 unspecified atom stereocenters. The third-order valence-corrected chi connectivity index (χ3v) is 3.84. The highest BCUT2D eigenvalue weighted by Gasteiger charge is 2.40. The molecule has 110 valence electrons. The van der Waals surface area contributed by atoms with Crippen LogP contribution in [0.1, 0.15) is 47.5 Å². The second-order valence-corrected chi connectivity index (χ2v) is 6.06. The van der Waals surface area contributed by atoms with Gasteiger partial charge in [-0.1, -0.05) is 26.0 Å². The minimum absolute atomic E-state index is 0.0709. The normalized spacial score (nSPS) is 31.3. The summed E-state index contributed by atoms with van der Waals surface area (Å²) in [5.41, 5.74) is 1.10. The zero-order valence-electron chi connectivity index (χ0n) is 12.9. The number of ether oxygens (including phenoxy) is 2. The standard InChI is InChI=1S/C16H28O3/c1-7-18-16(17)14-9-13(11(4)5)15(8-10(2)3)19-12(14)6/h10,12-15H,4,7-9H2,1-3,5-6H3/t12-,13+,14+,15+/m1/s1. The van der Waals surface area contributed by atoms with Crippen molar-refractivity contribution in [1.82, 2.24) is 0 Å². The molecular weight excluding hydrogens is 240 g/mol. The summed E-state index contributed by atoms with van der Waals surface area (Å²) >= 11 is 0. The molecule has 0 aliphatic carbocycles. The van der Waals surface area contributed by atoms with Gasteiger partial charge in [0.1, 0.15) is 0 Å². The Bertz CT molecular complexity index is 322. The van der Waals surface area contributed by atoms with E-state index in [0.29, 0.717) is 12.5 Å². The lowest BCUT2D eigenvalue weighted by atomic mass is 9.78. The van der Waals surface area contributed by atoms with Crippen molar-refractivity contribution in [3.8, 4) is 0 Å². The van der Waals surface area contributed by atoms with Crippen molar-refractivity contribution >= 4 is 5.97 Å². The molecule has 1 heterocycles. The number of hydrogen-bond acceptors (Lipinski definition) is 3. The molecule has 1 aliphatic heterocycles. The summed E-state index contributed by atoms with van der Waals surface area (Å²) in [6.45, 7) is 14.7. The van der Waals surface area contributed by atoms with E-state index in [4.69, 9.17) is 9.47 Å². The third-order valence-electron chi connectivity index (χ3n) is 3.84. The van der Waals surface area contributed by atoms with Crippen LogP contribution in [-0.2, 0) is 14.3 Å². The summed E-state index contributed by atoms with van der Waals surface area (Å²) in [6, 6.07) is 0. The molecule has 1 saturated heterocycles. The van der Waals surface area contributed by atoms with Gasteiger partial charge >= 0.3 is 5.97 Å². The van der Waals surface area contributed by atoms with E-state index in [-0.39, 0.29) is 30.0 Å². The van der Waals surface area contributed by atoms with E-state index >= 15 is 0 Å². The molecule has 0 saturated carbocycles. The minimum Gasteiger partial charge on any atom is -0.466 e. The number of rotatable bonds is 5. The maximum Gasteiger partial charge on any atom is 0.311 e. The molecule has 3 nitrogen and oxygen atoms in total. The second kappa shape index (κ2) is 7.09.